The van der Waals surface area contributed by atoms with E-state index in [2.05, 4.69) is 228 Å². The Morgan fingerprint density at radius 2 is 0.732 bits per heavy atom. The molecule has 0 unspecified atom stereocenters. The lowest BCUT2D eigenvalue weighted by Gasteiger charge is -2.26. The molecule has 8 aromatic carbocycles. The highest BCUT2D eigenvalue weighted by Crippen LogP contribution is 2.40. The first-order valence-corrected chi connectivity index (χ1v) is 19.0. The summed E-state index contributed by atoms with van der Waals surface area (Å²) in [5.41, 5.74) is 16.0. The quantitative estimate of drug-likeness (QED) is 0.156. The molecule has 0 atom stereocenters. The van der Waals surface area contributed by atoms with Gasteiger partial charge in [0.15, 0.2) is 0 Å². The molecular weight excluding hydrogens is 679 g/mol. The van der Waals surface area contributed by atoms with Gasteiger partial charge in [-0.3, -0.25) is 0 Å². The van der Waals surface area contributed by atoms with Gasteiger partial charge in [0.1, 0.15) is 0 Å². The zero-order chi connectivity index (χ0) is 37.3. The minimum atomic E-state index is 1.07. The fourth-order valence-corrected chi connectivity index (χ4v) is 7.83. The smallest absolute Gasteiger partial charge is 0.0825 e. The summed E-state index contributed by atoms with van der Waals surface area (Å²) in [7, 11) is 0. The first kappa shape index (κ1) is 33.1. The molecule has 264 valence electrons. The van der Waals surface area contributed by atoms with Crippen LogP contribution in [0.25, 0.3) is 72.1 Å². The van der Waals surface area contributed by atoms with Gasteiger partial charge in [0.25, 0.3) is 0 Å². The SMILES string of the molecule is c1ccc(-c2ccc(N(c3ccc(-c4ccccc4)cc3)c3ccc(-c4ccc5cc(-c6ccccc6)n6ncc(-c7ccccc7)c6c5c4)cc3)cc2)cc1. The molecule has 0 bridgehead atoms. The number of rotatable bonds is 8. The van der Waals surface area contributed by atoms with E-state index in [9.17, 15) is 0 Å². The Bertz CT molecular complexity index is 2820. The van der Waals surface area contributed by atoms with Crippen molar-refractivity contribution in [1.82, 2.24) is 9.61 Å². The monoisotopic (exact) mass is 715 g/mol. The summed E-state index contributed by atoms with van der Waals surface area (Å²) in [5.74, 6) is 0. The van der Waals surface area contributed by atoms with E-state index in [1.165, 1.54) is 33.0 Å². The zero-order valence-corrected chi connectivity index (χ0v) is 30.7. The number of nitrogens with zero attached hydrogens (tertiary/aromatic N) is 3. The Labute approximate surface area is 327 Å². The van der Waals surface area contributed by atoms with Gasteiger partial charge < -0.3 is 4.90 Å². The van der Waals surface area contributed by atoms with E-state index in [4.69, 9.17) is 5.10 Å². The Morgan fingerprint density at radius 1 is 0.339 bits per heavy atom. The molecule has 10 rings (SSSR count). The topological polar surface area (TPSA) is 20.5 Å². The van der Waals surface area contributed by atoms with Crippen molar-refractivity contribution in [2.45, 2.75) is 0 Å². The van der Waals surface area contributed by atoms with Crippen molar-refractivity contribution in [3.63, 3.8) is 0 Å². The molecule has 3 heteroatoms. The normalized spacial score (nSPS) is 11.2. The lowest BCUT2D eigenvalue weighted by Crippen LogP contribution is -2.09. The third kappa shape index (κ3) is 6.21. The lowest BCUT2D eigenvalue weighted by molar-refractivity contribution is 0.975. The van der Waals surface area contributed by atoms with Crippen molar-refractivity contribution in [2.24, 2.45) is 0 Å². The number of hydrogen-bond acceptors (Lipinski definition) is 2. The Hall–Kier alpha value is -7.49. The molecule has 10 aromatic rings. The number of aromatic nitrogens is 2. The van der Waals surface area contributed by atoms with Crippen LogP contribution in [-0.4, -0.2) is 9.61 Å². The van der Waals surface area contributed by atoms with Crippen molar-refractivity contribution < 1.29 is 0 Å². The third-order valence-electron chi connectivity index (χ3n) is 10.7. The fourth-order valence-electron chi connectivity index (χ4n) is 7.83. The van der Waals surface area contributed by atoms with Gasteiger partial charge in [0.05, 0.1) is 17.4 Å². The second-order valence-corrected chi connectivity index (χ2v) is 14.1. The summed E-state index contributed by atoms with van der Waals surface area (Å²) < 4.78 is 2.11. The highest BCUT2D eigenvalue weighted by Gasteiger charge is 2.17. The summed E-state index contributed by atoms with van der Waals surface area (Å²) in [4.78, 5) is 2.33. The molecule has 2 aromatic heterocycles. The van der Waals surface area contributed by atoms with Crippen LogP contribution in [-0.2, 0) is 0 Å². The average molecular weight is 716 g/mol. The van der Waals surface area contributed by atoms with Gasteiger partial charge in [-0.05, 0) is 92.9 Å². The number of pyridine rings is 1. The van der Waals surface area contributed by atoms with Gasteiger partial charge in [-0.1, -0.05) is 170 Å². The van der Waals surface area contributed by atoms with Crippen LogP contribution in [0.15, 0.2) is 225 Å². The van der Waals surface area contributed by atoms with E-state index in [0.29, 0.717) is 0 Å². The highest BCUT2D eigenvalue weighted by molar-refractivity contribution is 6.06. The van der Waals surface area contributed by atoms with Crippen molar-refractivity contribution in [2.75, 3.05) is 4.90 Å². The molecule has 0 amide bonds. The van der Waals surface area contributed by atoms with Gasteiger partial charge in [0, 0.05) is 33.6 Å². The summed E-state index contributed by atoms with van der Waals surface area (Å²) in [6.45, 7) is 0. The number of fused-ring (bicyclic) bond motifs is 3. The Balaban J connectivity index is 1.06. The molecule has 0 aliphatic heterocycles. The molecule has 0 saturated heterocycles. The van der Waals surface area contributed by atoms with E-state index < -0.39 is 0 Å². The van der Waals surface area contributed by atoms with Crippen LogP contribution in [0.2, 0.25) is 0 Å². The molecule has 2 heterocycles. The van der Waals surface area contributed by atoms with Crippen molar-refractivity contribution >= 4 is 33.4 Å². The van der Waals surface area contributed by atoms with Gasteiger partial charge in [-0.15, -0.1) is 0 Å². The molecule has 0 aliphatic carbocycles. The maximum Gasteiger partial charge on any atom is 0.0825 e. The number of hydrogen-bond donors (Lipinski definition) is 0. The van der Waals surface area contributed by atoms with Crippen molar-refractivity contribution in [3.8, 4) is 55.8 Å². The summed E-state index contributed by atoms with van der Waals surface area (Å²) in [6.07, 6.45) is 2.01. The minimum Gasteiger partial charge on any atom is -0.311 e. The Morgan fingerprint density at radius 3 is 1.21 bits per heavy atom. The second kappa shape index (κ2) is 14.4. The molecular formula is C53H37N3. The summed E-state index contributed by atoms with van der Waals surface area (Å²) in [6, 6.07) is 77.9. The predicted molar refractivity (Wildman–Crippen MR) is 235 cm³/mol. The zero-order valence-electron chi connectivity index (χ0n) is 30.7. The average Bonchev–Trinajstić information content (AvgIpc) is 3.74. The highest BCUT2D eigenvalue weighted by atomic mass is 15.2. The van der Waals surface area contributed by atoms with Crippen molar-refractivity contribution in [1.29, 1.82) is 0 Å². The predicted octanol–water partition coefficient (Wildman–Crippen LogP) is 14.3. The van der Waals surface area contributed by atoms with Crippen LogP contribution >= 0.6 is 0 Å². The summed E-state index contributed by atoms with van der Waals surface area (Å²) >= 11 is 0. The minimum absolute atomic E-state index is 1.07. The largest absolute Gasteiger partial charge is 0.311 e. The van der Waals surface area contributed by atoms with E-state index in [0.717, 1.165) is 56.1 Å². The van der Waals surface area contributed by atoms with Crippen LogP contribution in [0, 0.1) is 0 Å². The van der Waals surface area contributed by atoms with Gasteiger partial charge in [0.2, 0.25) is 0 Å². The molecule has 56 heavy (non-hydrogen) atoms. The van der Waals surface area contributed by atoms with Gasteiger partial charge in [-0.2, -0.15) is 5.10 Å². The van der Waals surface area contributed by atoms with Crippen LogP contribution < -0.4 is 4.90 Å². The molecule has 0 aliphatic rings. The number of benzene rings is 8. The molecule has 0 radical (unpaired) electrons. The first-order valence-electron chi connectivity index (χ1n) is 19.0. The molecule has 0 N–H and O–H groups in total. The maximum atomic E-state index is 4.97. The Kier molecular flexibility index (Phi) is 8.51. The van der Waals surface area contributed by atoms with E-state index in [-0.39, 0.29) is 0 Å². The van der Waals surface area contributed by atoms with Gasteiger partial charge in [-0.25, -0.2) is 4.52 Å². The van der Waals surface area contributed by atoms with Crippen LogP contribution in [0.4, 0.5) is 17.1 Å². The molecule has 0 saturated carbocycles. The van der Waals surface area contributed by atoms with E-state index >= 15 is 0 Å². The standard InChI is InChI=1S/C53H37N3/c1-5-13-38(14-6-1)40-23-29-47(30-24-40)55(48-31-25-41(26-32-48)39-15-7-2-8-16-39)49-33-27-42(28-34-49)45-21-22-46-36-52(44-19-11-4-12-20-44)56-53(50(46)35-45)51(37-54-56)43-17-9-3-10-18-43/h1-37H. The molecule has 3 nitrogen and oxygen atoms in total. The first-order chi connectivity index (χ1) is 27.8. The van der Waals surface area contributed by atoms with Gasteiger partial charge >= 0.3 is 0 Å². The second-order valence-electron chi connectivity index (χ2n) is 14.1. The number of anilines is 3. The maximum absolute atomic E-state index is 4.97. The summed E-state index contributed by atoms with van der Waals surface area (Å²) in [5, 5.41) is 7.32. The van der Waals surface area contributed by atoms with Crippen LogP contribution in [0.1, 0.15) is 0 Å². The lowest BCUT2D eigenvalue weighted by atomic mass is 9.97. The van der Waals surface area contributed by atoms with Crippen LogP contribution in [0.5, 0.6) is 0 Å². The molecule has 0 spiro atoms. The van der Waals surface area contributed by atoms with Crippen LogP contribution in [0.3, 0.4) is 0 Å². The fraction of sp³-hybridized carbons (Fsp3) is 0. The van der Waals surface area contributed by atoms with E-state index in [1.807, 2.05) is 6.20 Å². The molecule has 0 fully saturated rings. The van der Waals surface area contributed by atoms with E-state index in [1.54, 1.807) is 0 Å². The third-order valence-corrected chi connectivity index (χ3v) is 10.7. The van der Waals surface area contributed by atoms with Crippen molar-refractivity contribution in [3.05, 3.63) is 225 Å².